The fraction of sp³-hybridized carbons (Fsp3) is 0.300. The molecule has 0 saturated heterocycles. The lowest BCUT2D eigenvalue weighted by Gasteiger charge is -2.29. The summed E-state index contributed by atoms with van der Waals surface area (Å²) in [5.41, 5.74) is 4.36. The van der Waals surface area contributed by atoms with Crippen LogP contribution in [0, 0.1) is 11.6 Å². The molecule has 0 spiro atoms. The molecule has 124 valence electrons. The second kappa shape index (κ2) is 5.71. The van der Waals surface area contributed by atoms with Gasteiger partial charge in [0.1, 0.15) is 11.6 Å². The molecule has 2 nitrogen and oxygen atoms in total. The van der Waals surface area contributed by atoms with Crippen LogP contribution in [0.5, 0.6) is 0 Å². The first-order valence-electron chi connectivity index (χ1n) is 8.28. The minimum atomic E-state index is -0.247. The van der Waals surface area contributed by atoms with Gasteiger partial charge in [0.15, 0.2) is 0 Å². The first-order chi connectivity index (χ1) is 11.5. The predicted molar refractivity (Wildman–Crippen MR) is 92.7 cm³/mol. The number of hydrogen-bond acceptors (Lipinski definition) is 1. The summed E-state index contributed by atoms with van der Waals surface area (Å²) in [7, 11) is 4.19. The van der Waals surface area contributed by atoms with Crippen molar-refractivity contribution in [2.45, 2.75) is 25.3 Å². The van der Waals surface area contributed by atoms with Gasteiger partial charge in [-0.3, -0.25) is 0 Å². The van der Waals surface area contributed by atoms with Crippen LogP contribution < -0.4 is 0 Å². The Morgan fingerprint density at radius 3 is 2.42 bits per heavy atom. The van der Waals surface area contributed by atoms with Crippen molar-refractivity contribution in [3.63, 3.8) is 0 Å². The standard InChI is InChI=1S/C20H20F2N2/c1-23(2)16-8-10-20-18(12-16)17-11-14(22)5-9-19(17)24(20)15-6-3-13(21)4-7-15/h3-7,9,11,16H,8,10,12H2,1-2H3. The van der Waals surface area contributed by atoms with Gasteiger partial charge >= 0.3 is 0 Å². The van der Waals surface area contributed by atoms with Crippen molar-refractivity contribution in [2.24, 2.45) is 0 Å². The highest BCUT2D eigenvalue weighted by molar-refractivity contribution is 5.87. The Morgan fingerprint density at radius 2 is 1.71 bits per heavy atom. The second-order valence-electron chi connectivity index (χ2n) is 6.76. The van der Waals surface area contributed by atoms with Crippen molar-refractivity contribution in [1.82, 2.24) is 9.47 Å². The lowest BCUT2D eigenvalue weighted by Crippen LogP contribution is -2.33. The molecular formula is C20H20F2N2. The van der Waals surface area contributed by atoms with E-state index in [-0.39, 0.29) is 11.6 Å². The molecule has 0 amide bonds. The maximum Gasteiger partial charge on any atom is 0.123 e. The molecule has 1 aliphatic rings. The number of nitrogens with zero attached hydrogens (tertiary/aromatic N) is 2. The SMILES string of the molecule is CN(C)C1CCc2c(c3cc(F)ccc3n2-c2ccc(F)cc2)C1. The Morgan fingerprint density at radius 1 is 1.00 bits per heavy atom. The predicted octanol–water partition coefficient (Wildman–Crippen LogP) is 4.33. The molecule has 0 bridgehead atoms. The van der Waals surface area contributed by atoms with Crippen molar-refractivity contribution in [3.05, 3.63) is 65.4 Å². The van der Waals surface area contributed by atoms with Gasteiger partial charge < -0.3 is 9.47 Å². The van der Waals surface area contributed by atoms with Gasteiger partial charge in [-0.15, -0.1) is 0 Å². The first-order valence-corrected chi connectivity index (χ1v) is 8.28. The van der Waals surface area contributed by atoms with Gasteiger partial charge in [0.25, 0.3) is 0 Å². The monoisotopic (exact) mass is 326 g/mol. The molecule has 0 aliphatic heterocycles. The van der Waals surface area contributed by atoms with Crippen molar-refractivity contribution >= 4 is 10.9 Å². The topological polar surface area (TPSA) is 8.17 Å². The highest BCUT2D eigenvalue weighted by atomic mass is 19.1. The number of hydrogen-bond donors (Lipinski definition) is 0. The number of benzene rings is 2. The fourth-order valence-electron chi connectivity index (χ4n) is 3.84. The van der Waals surface area contributed by atoms with Crippen LogP contribution in [-0.2, 0) is 12.8 Å². The quantitative estimate of drug-likeness (QED) is 0.680. The zero-order valence-corrected chi connectivity index (χ0v) is 13.9. The summed E-state index contributed by atoms with van der Waals surface area (Å²) in [4.78, 5) is 2.24. The molecule has 0 radical (unpaired) electrons. The largest absolute Gasteiger partial charge is 0.313 e. The number of halogens is 2. The van der Waals surface area contributed by atoms with E-state index in [1.54, 1.807) is 18.2 Å². The first kappa shape index (κ1) is 15.3. The third-order valence-electron chi connectivity index (χ3n) is 5.11. The van der Waals surface area contributed by atoms with Crippen LogP contribution in [0.2, 0.25) is 0 Å². The van der Waals surface area contributed by atoms with E-state index in [4.69, 9.17) is 0 Å². The minimum absolute atomic E-state index is 0.214. The molecule has 4 heteroatoms. The van der Waals surface area contributed by atoms with Gasteiger partial charge in [-0.2, -0.15) is 0 Å². The normalized spacial score (nSPS) is 17.5. The van der Waals surface area contributed by atoms with Crippen molar-refractivity contribution in [3.8, 4) is 5.69 Å². The van der Waals surface area contributed by atoms with Gasteiger partial charge in [-0.05, 0) is 81.4 Å². The molecule has 1 atom stereocenters. The smallest absolute Gasteiger partial charge is 0.123 e. The van der Waals surface area contributed by atoms with E-state index < -0.39 is 0 Å². The Labute approximate surface area is 140 Å². The summed E-state index contributed by atoms with van der Waals surface area (Å²) < 4.78 is 29.3. The lowest BCUT2D eigenvalue weighted by atomic mass is 9.90. The Balaban J connectivity index is 1.96. The maximum atomic E-state index is 13.9. The second-order valence-corrected chi connectivity index (χ2v) is 6.76. The Bertz CT molecular complexity index is 894. The van der Waals surface area contributed by atoms with Crippen LogP contribution in [-0.4, -0.2) is 29.6 Å². The zero-order valence-electron chi connectivity index (χ0n) is 13.9. The molecule has 1 heterocycles. The van der Waals surface area contributed by atoms with Crippen LogP contribution in [0.4, 0.5) is 8.78 Å². The van der Waals surface area contributed by atoms with Gasteiger partial charge in [-0.25, -0.2) is 8.78 Å². The number of aromatic nitrogens is 1. The highest BCUT2D eigenvalue weighted by Crippen LogP contribution is 2.35. The van der Waals surface area contributed by atoms with Gasteiger partial charge in [0.05, 0.1) is 5.52 Å². The van der Waals surface area contributed by atoms with E-state index in [1.807, 2.05) is 6.07 Å². The third-order valence-corrected chi connectivity index (χ3v) is 5.11. The molecule has 1 aromatic heterocycles. The number of fused-ring (bicyclic) bond motifs is 3. The molecule has 4 rings (SSSR count). The van der Waals surface area contributed by atoms with E-state index in [9.17, 15) is 8.78 Å². The van der Waals surface area contributed by atoms with E-state index >= 15 is 0 Å². The molecule has 0 fully saturated rings. The van der Waals surface area contributed by atoms with Crippen LogP contribution in [0.1, 0.15) is 17.7 Å². The molecule has 24 heavy (non-hydrogen) atoms. The number of likely N-dealkylation sites (N-methyl/N-ethyl adjacent to an activating group) is 1. The molecule has 3 aromatic rings. The van der Waals surface area contributed by atoms with E-state index in [0.29, 0.717) is 6.04 Å². The van der Waals surface area contributed by atoms with E-state index in [2.05, 4.69) is 23.6 Å². The average Bonchev–Trinajstić information content (AvgIpc) is 2.88. The Kier molecular flexibility index (Phi) is 3.65. The van der Waals surface area contributed by atoms with Crippen molar-refractivity contribution in [1.29, 1.82) is 0 Å². The van der Waals surface area contributed by atoms with Crippen molar-refractivity contribution < 1.29 is 8.78 Å². The van der Waals surface area contributed by atoms with Gasteiger partial charge in [-0.1, -0.05) is 0 Å². The molecule has 1 unspecified atom stereocenters. The maximum absolute atomic E-state index is 13.9. The third kappa shape index (κ3) is 2.42. The fourth-order valence-corrected chi connectivity index (χ4v) is 3.84. The molecule has 0 N–H and O–H groups in total. The van der Waals surface area contributed by atoms with Gasteiger partial charge in [0.2, 0.25) is 0 Å². The molecule has 0 saturated carbocycles. The van der Waals surface area contributed by atoms with Crippen LogP contribution in [0.3, 0.4) is 0 Å². The summed E-state index contributed by atoms with van der Waals surface area (Å²) in [6, 6.07) is 12.0. The summed E-state index contributed by atoms with van der Waals surface area (Å²) >= 11 is 0. The average molecular weight is 326 g/mol. The van der Waals surface area contributed by atoms with E-state index in [0.717, 1.165) is 35.9 Å². The number of rotatable bonds is 2. The van der Waals surface area contributed by atoms with Crippen molar-refractivity contribution in [2.75, 3.05) is 14.1 Å². The summed E-state index contributed by atoms with van der Waals surface area (Å²) in [6.07, 6.45) is 2.92. The summed E-state index contributed by atoms with van der Waals surface area (Å²) in [6.45, 7) is 0. The Hall–Kier alpha value is -2.20. The highest BCUT2D eigenvalue weighted by Gasteiger charge is 2.27. The van der Waals surface area contributed by atoms with Gasteiger partial charge in [0, 0.05) is 22.8 Å². The van der Waals surface area contributed by atoms with E-state index in [1.165, 1.54) is 29.5 Å². The lowest BCUT2D eigenvalue weighted by molar-refractivity contribution is 0.267. The summed E-state index contributed by atoms with van der Waals surface area (Å²) in [5.74, 6) is -0.462. The zero-order chi connectivity index (χ0) is 16.8. The van der Waals surface area contributed by atoms with Crippen LogP contribution in [0.25, 0.3) is 16.6 Å². The molecular weight excluding hydrogens is 306 g/mol. The van der Waals surface area contributed by atoms with Crippen LogP contribution >= 0.6 is 0 Å². The van der Waals surface area contributed by atoms with Crippen LogP contribution in [0.15, 0.2) is 42.5 Å². The minimum Gasteiger partial charge on any atom is -0.313 e. The molecule has 2 aromatic carbocycles. The molecule has 1 aliphatic carbocycles. The summed E-state index contributed by atoms with van der Waals surface area (Å²) in [5, 5.41) is 0.973.